The van der Waals surface area contributed by atoms with Crippen molar-refractivity contribution in [3.8, 4) is 0 Å². The molecule has 0 aromatic heterocycles. The van der Waals surface area contributed by atoms with Gasteiger partial charge in [0, 0.05) is 6.42 Å². The van der Waals surface area contributed by atoms with E-state index in [2.05, 4.69) is 55.6 Å². The summed E-state index contributed by atoms with van der Waals surface area (Å²) in [5.74, 6) is -0.205. The molecule has 464 valence electrons. The van der Waals surface area contributed by atoms with Gasteiger partial charge in [-0.2, -0.15) is 0 Å². The van der Waals surface area contributed by atoms with Crippen LogP contribution in [0.15, 0.2) is 36.5 Å². The maximum Gasteiger partial charge on any atom is 0.220 e. The van der Waals surface area contributed by atoms with Crippen molar-refractivity contribution in [2.75, 3.05) is 19.8 Å². The molecule has 0 aliphatic carbocycles. The smallest absolute Gasteiger partial charge is 0.220 e. The van der Waals surface area contributed by atoms with E-state index in [1.54, 1.807) is 0 Å². The highest BCUT2D eigenvalue weighted by Crippen LogP contribution is 2.30. The lowest BCUT2D eigenvalue weighted by Crippen LogP contribution is -2.65. The van der Waals surface area contributed by atoms with Crippen LogP contribution in [0.25, 0.3) is 0 Å². The fourth-order valence-corrected chi connectivity index (χ4v) is 10.8. The standard InChI is InChI=1S/C65H121NO13/c1-3-5-7-9-11-13-15-17-19-21-22-23-24-25-26-27-28-29-30-31-32-33-35-37-39-41-43-45-47-49-57(70)66-53(54(69)48-46-44-42-40-38-36-34-20-18-16-14-12-10-8-6-4-2)52-76-64-62(75)60(73)63(56(51-68)78-64)79-65-61(74)59(72)58(71)55(50-67)77-65/h15,17,21-22,24-25,53-56,58-65,67-69,71-75H,3-14,16,18-20,23,26-52H2,1-2H3,(H,66,70)/b17-15-,22-21-,25-24-. The molecule has 0 aromatic carbocycles. The van der Waals surface area contributed by atoms with Gasteiger partial charge in [0.15, 0.2) is 12.6 Å². The highest BCUT2D eigenvalue weighted by atomic mass is 16.7. The summed E-state index contributed by atoms with van der Waals surface area (Å²) in [5, 5.41) is 87.4. The molecular weight excluding hydrogens is 1000 g/mol. The summed E-state index contributed by atoms with van der Waals surface area (Å²) >= 11 is 0. The van der Waals surface area contributed by atoms with Gasteiger partial charge < -0.3 is 65.1 Å². The first-order chi connectivity index (χ1) is 38.6. The fraction of sp³-hybridized carbons (Fsp3) is 0.892. The van der Waals surface area contributed by atoms with Crippen molar-refractivity contribution in [2.45, 2.75) is 351 Å². The zero-order chi connectivity index (χ0) is 57.4. The molecule has 12 unspecified atom stereocenters. The summed E-state index contributed by atoms with van der Waals surface area (Å²) < 4.78 is 22.9. The maximum absolute atomic E-state index is 13.3. The third-order valence-electron chi connectivity index (χ3n) is 16.1. The number of allylic oxidation sites excluding steroid dienone is 6. The van der Waals surface area contributed by atoms with Crippen molar-refractivity contribution < 1.29 is 64.6 Å². The molecule has 0 aromatic rings. The van der Waals surface area contributed by atoms with Gasteiger partial charge in [-0.15, -0.1) is 0 Å². The summed E-state index contributed by atoms with van der Waals surface area (Å²) in [4.78, 5) is 13.3. The van der Waals surface area contributed by atoms with Gasteiger partial charge in [0.1, 0.15) is 48.8 Å². The zero-order valence-electron chi connectivity index (χ0n) is 50.1. The van der Waals surface area contributed by atoms with Gasteiger partial charge in [-0.3, -0.25) is 4.79 Å². The van der Waals surface area contributed by atoms with Gasteiger partial charge in [0.25, 0.3) is 0 Å². The monoisotopic (exact) mass is 1120 g/mol. The SMILES string of the molecule is CCCCCCC/C=C\C/C=C\C/C=C\CCCCCCCCCCCCCCCCC(=O)NC(COC1OC(CO)C(OC2OC(CO)C(O)C(O)C2O)C(O)C1O)C(O)CCCCCCCCCCCCCCCCCC. The number of carbonyl (C=O) groups is 1. The summed E-state index contributed by atoms with van der Waals surface area (Å²) in [6, 6.07) is -0.829. The molecule has 2 fully saturated rings. The van der Waals surface area contributed by atoms with Gasteiger partial charge in [-0.25, -0.2) is 0 Å². The molecule has 79 heavy (non-hydrogen) atoms. The second kappa shape index (κ2) is 50.7. The summed E-state index contributed by atoms with van der Waals surface area (Å²) in [7, 11) is 0. The van der Waals surface area contributed by atoms with E-state index in [-0.39, 0.29) is 12.5 Å². The third-order valence-corrected chi connectivity index (χ3v) is 16.1. The van der Waals surface area contributed by atoms with E-state index in [9.17, 15) is 45.6 Å². The van der Waals surface area contributed by atoms with Crippen LogP contribution < -0.4 is 5.32 Å². The van der Waals surface area contributed by atoms with E-state index in [4.69, 9.17) is 18.9 Å². The molecule has 9 N–H and O–H groups in total. The molecular formula is C65H121NO13. The summed E-state index contributed by atoms with van der Waals surface area (Å²) in [6.45, 7) is 2.87. The Labute approximate surface area is 481 Å². The Morgan fingerprint density at radius 3 is 1.28 bits per heavy atom. The third kappa shape index (κ3) is 35.8. The van der Waals surface area contributed by atoms with Gasteiger partial charge in [0.05, 0.1) is 32.0 Å². The van der Waals surface area contributed by atoms with Crippen LogP contribution in [0.3, 0.4) is 0 Å². The van der Waals surface area contributed by atoms with Crippen LogP contribution in [-0.4, -0.2) is 140 Å². The topological polar surface area (TPSA) is 228 Å². The lowest BCUT2D eigenvalue weighted by atomic mass is 9.97. The molecule has 0 saturated carbocycles. The second-order valence-corrected chi connectivity index (χ2v) is 23.2. The minimum absolute atomic E-state index is 0.205. The molecule has 1 amide bonds. The molecule has 14 heteroatoms. The predicted molar refractivity (Wildman–Crippen MR) is 318 cm³/mol. The highest BCUT2D eigenvalue weighted by Gasteiger charge is 2.51. The van der Waals surface area contributed by atoms with E-state index in [0.717, 1.165) is 64.2 Å². The number of unbranched alkanes of at least 4 members (excludes halogenated alkanes) is 34. The van der Waals surface area contributed by atoms with E-state index < -0.39 is 86.8 Å². The van der Waals surface area contributed by atoms with Crippen molar-refractivity contribution >= 4 is 5.91 Å². The Balaban J connectivity index is 1.67. The summed E-state index contributed by atoms with van der Waals surface area (Å²) in [6.07, 6.45) is 45.7. The number of carbonyl (C=O) groups excluding carboxylic acids is 1. The lowest BCUT2D eigenvalue weighted by molar-refractivity contribution is -0.359. The second-order valence-electron chi connectivity index (χ2n) is 23.2. The van der Waals surface area contributed by atoms with Crippen molar-refractivity contribution in [3.63, 3.8) is 0 Å². The first kappa shape index (κ1) is 73.3. The van der Waals surface area contributed by atoms with Crippen LogP contribution in [0.1, 0.15) is 277 Å². The average Bonchev–Trinajstić information content (AvgIpc) is 3.48. The normalized spacial score (nSPS) is 24.6. The predicted octanol–water partition coefficient (Wildman–Crippen LogP) is 12.2. The number of hydrogen-bond acceptors (Lipinski definition) is 13. The number of ether oxygens (including phenoxy) is 4. The zero-order valence-corrected chi connectivity index (χ0v) is 50.1. The molecule has 2 aliphatic rings. The molecule has 2 heterocycles. The van der Waals surface area contributed by atoms with Gasteiger partial charge in [-0.05, 0) is 51.4 Å². The van der Waals surface area contributed by atoms with Crippen molar-refractivity contribution in [2.24, 2.45) is 0 Å². The molecule has 2 aliphatic heterocycles. The Bertz CT molecular complexity index is 1460. The van der Waals surface area contributed by atoms with Gasteiger partial charge in [-0.1, -0.05) is 256 Å². The highest BCUT2D eigenvalue weighted by molar-refractivity contribution is 5.76. The first-order valence-corrected chi connectivity index (χ1v) is 32.7. The minimum atomic E-state index is -1.78. The molecule has 2 saturated heterocycles. The number of amides is 1. The number of aliphatic hydroxyl groups excluding tert-OH is 8. The van der Waals surface area contributed by atoms with Crippen LogP contribution in [0.5, 0.6) is 0 Å². The van der Waals surface area contributed by atoms with Crippen LogP contribution in [-0.2, 0) is 23.7 Å². The lowest BCUT2D eigenvalue weighted by Gasteiger charge is -2.46. The van der Waals surface area contributed by atoms with Crippen LogP contribution >= 0.6 is 0 Å². The quantitative estimate of drug-likeness (QED) is 0.0204. The Morgan fingerprint density at radius 2 is 0.835 bits per heavy atom. The van der Waals surface area contributed by atoms with Gasteiger partial charge in [0.2, 0.25) is 5.91 Å². The van der Waals surface area contributed by atoms with Gasteiger partial charge >= 0.3 is 0 Å². The fourth-order valence-electron chi connectivity index (χ4n) is 10.8. The molecule has 0 bridgehead atoms. The van der Waals surface area contributed by atoms with E-state index >= 15 is 0 Å². The van der Waals surface area contributed by atoms with E-state index in [1.807, 2.05) is 0 Å². The number of hydrogen-bond donors (Lipinski definition) is 9. The molecule has 12 atom stereocenters. The van der Waals surface area contributed by atoms with Crippen molar-refractivity contribution in [1.29, 1.82) is 0 Å². The summed E-state index contributed by atoms with van der Waals surface area (Å²) in [5.41, 5.74) is 0. The molecule has 0 radical (unpaired) electrons. The van der Waals surface area contributed by atoms with Crippen molar-refractivity contribution in [3.05, 3.63) is 36.5 Å². The number of aliphatic hydroxyl groups is 8. The molecule has 2 rings (SSSR count). The Morgan fingerprint density at radius 1 is 0.456 bits per heavy atom. The first-order valence-electron chi connectivity index (χ1n) is 32.7. The minimum Gasteiger partial charge on any atom is -0.394 e. The Kier molecular flexibility index (Phi) is 47.0. The molecule has 0 spiro atoms. The molecule has 14 nitrogen and oxygen atoms in total. The maximum atomic E-state index is 13.3. The van der Waals surface area contributed by atoms with E-state index in [1.165, 1.54) is 186 Å². The number of nitrogens with one attached hydrogen (secondary N) is 1. The van der Waals surface area contributed by atoms with Crippen molar-refractivity contribution in [1.82, 2.24) is 5.32 Å². The van der Waals surface area contributed by atoms with E-state index in [0.29, 0.717) is 12.8 Å². The average molecular weight is 1120 g/mol. The van der Waals surface area contributed by atoms with Crippen LogP contribution in [0.4, 0.5) is 0 Å². The largest absolute Gasteiger partial charge is 0.394 e. The number of rotatable bonds is 53. The van der Waals surface area contributed by atoms with Crippen LogP contribution in [0.2, 0.25) is 0 Å². The van der Waals surface area contributed by atoms with Crippen LogP contribution in [0, 0.1) is 0 Å². The Hall–Kier alpha value is -1.79.